The summed E-state index contributed by atoms with van der Waals surface area (Å²) in [6, 6.07) is 9.70. The van der Waals surface area contributed by atoms with Crippen molar-refractivity contribution in [2.24, 2.45) is 0 Å². The van der Waals surface area contributed by atoms with E-state index in [2.05, 4.69) is 4.98 Å². The number of aromatic nitrogens is 1. The van der Waals surface area contributed by atoms with Crippen molar-refractivity contribution < 1.29 is 9.90 Å². The maximum Gasteiger partial charge on any atom is 0.320 e. The molecular weight excluding hydrogens is 272 g/mol. The summed E-state index contributed by atoms with van der Waals surface area (Å²) in [4.78, 5) is 17.8. The minimum absolute atomic E-state index is 0.348. The number of carboxylic acid groups (broad SMARTS) is 1. The summed E-state index contributed by atoms with van der Waals surface area (Å²) < 4.78 is 0. The van der Waals surface area contributed by atoms with Crippen molar-refractivity contribution in [2.45, 2.75) is 25.4 Å². The standard InChI is InChI=1S/C15H16N2O2S/c18-15(19)13-7-4-8-17(13)9-14-16-12(10-20-14)11-5-2-1-3-6-11/h1-3,5-6,10,13H,4,7-9H2,(H,18,19). The number of likely N-dealkylation sites (tertiary alicyclic amines) is 1. The highest BCUT2D eigenvalue weighted by atomic mass is 32.1. The molecule has 4 nitrogen and oxygen atoms in total. The Kier molecular flexibility index (Phi) is 3.80. The van der Waals surface area contributed by atoms with Gasteiger partial charge in [-0.05, 0) is 19.4 Å². The highest BCUT2D eigenvalue weighted by molar-refractivity contribution is 7.09. The summed E-state index contributed by atoms with van der Waals surface area (Å²) in [6.07, 6.45) is 1.69. The maximum absolute atomic E-state index is 11.2. The van der Waals surface area contributed by atoms with Crippen molar-refractivity contribution in [3.8, 4) is 11.3 Å². The maximum atomic E-state index is 11.2. The van der Waals surface area contributed by atoms with Gasteiger partial charge in [-0.3, -0.25) is 9.69 Å². The molecule has 1 atom stereocenters. The van der Waals surface area contributed by atoms with Crippen molar-refractivity contribution in [3.05, 3.63) is 40.7 Å². The average molecular weight is 288 g/mol. The second-order valence-electron chi connectivity index (χ2n) is 4.96. The normalized spacial score (nSPS) is 19.3. The highest BCUT2D eigenvalue weighted by Gasteiger charge is 2.30. The number of benzene rings is 1. The number of carbonyl (C=O) groups is 1. The van der Waals surface area contributed by atoms with Crippen LogP contribution in [0.4, 0.5) is 0 Å². The zero-order valence-electron chi connectivity index (χ0n) is 11.0. The smallest absolute Gasteiger partial charge is 0.320 e. The zero-order valence-corrected chi connectivity index (χ0v) is 11.8. The molecule has 1 aromatic heterocycles. The molecule has 3 rings (SSSR count). The lowest BCUT2D eigenvalue weighted by Gasteiger charge is -2.19. The van der Waals surface area contributed by atoms with Crippen molar-refractivity contribution in [1.82, 2.24) is 9.88 Å². The fourth-order valence-corrected chi connectivity index (χ4v) is 3.42. The van der Waals surface area contributed by atoms with Crippen LogP contribution in [0.2, 0.25) is 0 Å². The average Bonchev–Trinajstić information content (AvgIpc) is 3.09. The molecule has 5 heteroatoms. The van der Waals surface area contributed by atoms with E-state index in [4.69, 9.17) is 0 Å². The molecule has 0 saturated carbocycles. The molecule has 1 saturated heterocycles. The van der Waals surface area contributed by atoms with E-state index in [1.165, 1.54) is 0 Å². The first-order valence-corrected chi connectivity index (χ1v) is 7.58. The van der Waals surface area contributed by atoms with E-state index in [0.29, 0.717) is 6.54 Å². The fraction of sp³-hybridized carbons (Fsp3) is 0.333. The highest BCUT2D eigenvalue weighted by Crippen LogP contribution is 2.25. The van der Waals surface area contributed by atoms with Gasteiger partial charge in [0.2, 0.25) is 0 Å². The van der Waals surface area contributed by atoms with Crippen LogP contribution in [0.15, 0.2) is 35.7 Å². The third-order valence-electron chi connectivity index (χ3n) is 3.61. The Morgan fingerprint density at radius 3 is 2.95 bits per heavy atom. The Hall–Kier alpha value is -1.72. The third kappa shape index (κ3) is 2.73. The molecule has 2 heterocycles. The number of thiazole rings is 1. The third-order valence-corrected chi connectivity index (χ3v) is 4.44. The van der Waals surface area contributed by atoms with E-state index < -0.39 is 5.97 Å². The van der Waals surface area contributed by atoms with E-state index in [9.17, 15) is 9.90 Å². The summed E-state index contributed by atoms with van der Waals surface area (Å²) in [7, 11) is 0. The van der Waals surface area contributed by atoms with Crippen LogP contribution in [0.1, 0.15) is 17.8 Å². The first kappa shape index (κ1) is 13.3. The first-order chi connectivity index (χ1) is 9.74. The number of hydrogen-bond acceptors (Lipinski definition) is 4. The van der Waals surface area contributed by atoms with Crippen molar-refractivity contribution in [3.63, 3.8) is 0 Å². The monoisotopic (exact) mass is 288 g/mol. The van der Waals surface area contributed by atoms with Gasteiger partial charge in [0, 0.05) is 10.9 Å². The molecule has 0 bridgehead atoms. The molecule has 2 aromatic rings. The molecule has 104 valence electrons. The van der Waals surface area contributed by atoms with E-state index in [1.807, 2.05) is 40.6 Å². The quantitative estimate of drug-likeness (QED) is 0.940. The minimum atomic E-state index is -0.720. The Bertz CT molecular complexity index is 597. The van der Waals surface area contributed by atoms with Crippen LogP contribution < -0.4 is 0 Å². The predicted octanol–water partition coefficient (Wildman–Crippen LogP) is 2.86. The molecule has 1 aliphatic rings. The van der Waals surface area contributed by atoms with E-state index >= 15 is 0 Å². The molecule has 1 aliphatic heterocycles. The zero-order chi connectivity index (χ0) is 13.9. The van der Waals surface area contributed by atoms with Crippen LogP contribution in [-0.2, 0) is 11.3 Å². The van der Waals surface area contributed by atoms with Gasteiger partial charge in [-0.1, -0.05) is 30.3 Å². The van der Waals surface area contributed by atoms with E-state index in [1.54, 1.807) is 11.3 Å². The Labute approximate surface area is 121 Å². The molecule has 1 N–H and O–H groups in total. The molecule has 0 radical (unpaired) electrons. The molecule has 0 amide bonds. The second-order valence-corrected chi connectivity index (χ2v) is 5.90. The molecule has 1 aromatic carbocycles. The van der Waals surface area contributed by atoms with Crippen molar-refractivity contribution in [1.29, 1.82) is 0 Å². The fourth-order valence-electron chi connectivity index (χ4n) is 2.59. The molecule has 0 aliphatic carbocycles. The van der Waals surface area contributed by atoms with Gasteiger partial charge < -0.3 is 5.11 Å². The van der Waals surface area contributed by atoms with Gasteiger partial charge in [0.15, 0.2) is 0 Å². The lowest BCUT2D eigenvalue weighted by molar-refractivity contribution is -0.142. The number of aliphatic carboxylic acids is 1. The van der Waals surface area contributed by atoms with Crippen LogP contribution in [0.3, 0.4) is 0 Å². The molecule has 1 unspecified atom stereocenters. The van der Waals surface area contributed by atoms with E-state index in [-0.39, 0.29) is 6.04 Å². The van der Waals surface area contributed by atoms with Crippen LogP contribution >= 0.6 is 11.3 Å². The summed E-state index contributed by atoms with van der Waals surface area (Å²) in [6.45, 7) is 1.48. The van der Waals surface area contributed by atoms with Crippen LogP contribution in [-0.4, -0.2) is 33.5 Å². The van der Waals surface area contributed by atoms with Gasteiger partial charge >= 0.3 is 5.97 Å². The van der Waals surface area contributed by atoms with Crippen LogP contribution in [0, 0.1) is 0 Å². The minimum Gasteiger partial charge on any atom is -0.480 e. The van der Waals surface area contributed by atoms with Crippen molar-refractivity contribution in [2.75, 3.05) is 6.54 Å². The predicted molar refractivity (Wildman–Crippen MR) is 78.6 cm³/mol. The SMILES string of the molecule is O=C(O)C1CCCN1Cc1nc(-c2ccccc2)cs1. The Morgan fingerprint density at radius 2 is 2.20 bits per heavy atom. The lowest BCUT2D eigenvalue weighted by atomic mass is 10.2. The lowest BCUT2D eigenvalue weighted by Crippen LogP contribution is -2.35. The van der Waals surface area contributed by atoms with E-state index in [0.717, 1.165) is 35.7 Å². The number of hydrogen-bond donors (Lipinski definition) is 1. The van der Waals surface area contributed by atoms with Crippen LogP contribution in [0.5, 0.6) is 0 Å². The van der Waals surface area contributed by atoms with Gasteiger partial charge in [0.25, 0.3) is 0 Å². The largest absolute Gasteiger partial charge is 0.480 e. The molecule has 1 fully saturated rings. The molecular formula is C15H16N2O2S. The summed E-state index contributed by atoms with van der Waals surface area (Å²) in [5.41, 5.74) is 2.07. The van der Waals surface area contributed by atoms with Gasteiger partial charge in [-0.25, -0.2) is 4.98 Å². The van der Waals surface area contributed by atoms with Gasteiger partial charge in [0.05, 0.1) is 12.2 Å². The molecule has 20 heavy (non-hydrogen) atoms. The molecule has 0 spiro atoms. The number of rotatable bonds is 4. The summed E-state index contributed by atoms with van der Waals surface area (Å²) in [5.74, 6) is -0.720. The van der Waals surface area contributed by atoms with Crippen molar-refractivity contribution >= 4 is 17.3 Å². The van der Waals surface area contributed by atoms with Crippen LogP contribution in [0.25, 0.3) is 11.3 Å². The summed E-state index contributed by atoms with van der Waals surface area (Å²) in [5, 5.41) is 12.2. The second kappa shape index (κ2) is 5.73. The Balaban J connectivity index is 1.73. The Morgan fingerprint density at radius 1 is 1.40 bits per heavy atom. The van der Waals surface area contributed by atoms with Gasteiger partial charge in [0.1, 0.15) is 11.0 Å². The number of nitrogens with zero attached hydrogens (tertiary/aromatic N) is 2. The summed E-state index contributed by atoms with van der Waals surface area (Å²) >= 11 is 1.60. The topological polar surface area (TPSA) is 53.4 Å². The number of carboxylic acids is 1. The van der Waals surface area contributed by atoms with Gasteiger partial charge in [-0.2, -0.15) is 0 Å². The first-order valence-electron chi connectivity index (χ1n) is 6.71. The van der Waals surface area contributed by atoms with Gasteiger partial charge in [-0.15, -0.1) is 11.3 Å².